The van der Waals surface area contributed by atoms with Gasteiger partial charge in [-0.15, -0.1) is 0 Å². The van der Waals surface area contributed by atoms with E-state index in [0.717, 1.165) is 0 Å². The number of nitrogens with zero attached hydrogens (tertiary/aromatic N) is 1. The van der Waals surface area contributed by atoms with Crippen molar-refractivity contribution in [3.05, 3.63) is 27.1 Å². The van der Waals surface area contributed by atoms with Crippen molar-refractivity contribution >= 4 is 62.2 Å². The minimum Gasteiger partial charge on any atom is -0.503 e. The number of phenolic OH excluding ortho intramolecular Hbond substituents is 1. The number of rotatable bonds is 8. The summed E-state index contributed by atoms with van der Waals surface area (Å²) in [6.07, 6.45) is 2.43. The highest BCUT2D eigenvalue weighted by Gasteiger charge is 2.31. The fraction of sp³-hybridized carbons (Fsp3) is 0.389. The molecule has 1 aromatic rings. The zero-order valence-electron chi connectivity index (χ0n) is 15.0. The van der Waals surface area contributed by atoms with Gasteiger partial charge in [-0.3, -0.25) is 14.5 Å². The maximum Gasteiger partial charge on any atom is 0.305 e. The average molecular weight is 474 g/mol. The summed E-state index contributed by atoms with van der Waals surface area (Å²) in [6, 6.07) is 3.36. The fourth-order valence-corrected chi connectivity index (χ4v) is 4.17. The van der Waals surface area contributed by atoms with Crippen molar-refractivity contribution in [3.8, 4) is 11.5 Å². The van der Waals surface area contributed by atoms with Crippen LogP contribution in [0.25, 0.3) is 6.08 Å². The summed E-state index contributed by atoms with van der Waals surface area (Å²) in [5.74, 6) is -0.129. The predicted molar refractivity (Wildman–Crippen MR) is 113 cm³/mol. The summed E-state index contributed by atoms with van der Waals surface area (Å²) in [6.45, 7) is 4.69. The molecule has 0 unspecified atom stereocenters. The van der Waals surface area contributed by atoms with Crippen molar-refractivity contribution in [2.45, 2.75) is 26.7 Å². The minimum absolute atomic E-state index is 0.0144. The van der Waals surface area contributed by atoms with Crippen LogP contribution in [-0.2, 0) is 14.3 Å². The van der Waals surface area contributed by atoms with Crippen LogP contribution in [0.15, 0.2) is 21.5 Å². The molecule has 1 aliphatic heterocycles. The second-order valence-corrected chi connectivity index (χ2v) is 8.05. The van der Waals surface area contributed by atoms with Gasteiger partial charge >= 0.3 is 5.97 Å². The second kappa shape index (κ2) is 10.1. The van der Waals surface area contributed by atoms with Crippen LogP contribution in [0, 0.1) is 0 Å². The predicted octanol–water partition coefficient (Wildman–Crippen LogP) is 4.10. The first-order valence-electron chi connectivity index (χ1n) is 8.43. The lowest BCUT2D eigenvalue weighted by atomic mass is 10.2. The molecule has 27 heavy (non-hydrogen) atoms. The summed E-state index contributed by atoms with van der Waals surface area (Å²) < 4.78 is 11.2. The van der Waals surface area contributed by atoms with E-state index in [0.29, 0.717) is 51.2 Å². The summed E-state index contributed by atoms with van der Waals surface area (Å²) >= 11 is 9.79. The van der Waals surface area contributed by atoms with Gasteiger partial charge in [0.2, 0.25) is 0 Å². The van der Waals surface area contributed by atoms with Gasteiger partial charge in [0.05, 0.1) is 22.6 Å². The molecule has 146 valence electrons. The van der Waals surface area contributed by atoms with Crippen molar-refractivity contribution in [2.24, 2.45) is 0 Å². The molecule has 1 fully saturated rings. The number of hydrogen-bond donors (Lipinski definition) is 1. The van der Waals surface area contributed by atoms with E-state index >= 15 is 0 Å². The Kier molecular flexibility index (Phi) is 8.12. The van der Waals surface area contributed by atoms with E-state index in [-0.39, 0.29) is 24.0 Å². The summed E-state index contributed by atoms with van der Waals surface area (Å²) in [5.41, 5.74) is 0.704. The van der Waals surface area contributed by atoms with Gasteiger partial charge in [-0.05, 0) is 60.0 Å². The van der Waals surface area contributed by atoms with Gasteiger partial charge in [-0.2, -0.15) is 0 Å². The highest BCUT2D eigenvalue weighted by Crippen LogP contribution is 2.38. The number of thiocarbonyl (C=S) groups is 1. The molecule has 9 heteroatoms. The molecule has 0 saturated carbocycles. The normalized spacial score (nSPS) is 15.5. The van der Waals surface area contributed by atoms with Gasteiger partial charge < -0.3 is 14.6 Å². The van der Waals surface area contributed by atoms with Gasteiger partial charge in [-0.1, -0.05) is 24.0 Å². The quantitative estimate of drug-likeness (QED) is 0.346. The minimum atomic E-state index is -0.282. The van der Waals surface area contributed by atoms with Crippen LogP contribution in [0.2, 0.25) is 0 Å². The van der Waals surface area contributed by atoms with E-state index in [1.54, 1.807) is 25.1 Å². The van der Waals surface area contributed by atoms with Gasteiger partial charge in [0.25, 0.3) is 5.91 Å². The van der Waals surface area contributed by atoms with Crippen LogP contribution >= 0.6 is 39.9 Å². The first-order valence-corrected chi connectivity index (χ1v) is 10.4. The Morgan fingerprint density at radius 3 is 2.78 bits per heavy atom. The first-order chi connectivity index (χ1) is 12.9. The molecule has 1 N–H and O–H groups in total. The van der Waals surface area contributed by atoms with Gasteiger partial charge in [0.15, 0.2) is 11.5 Å². The number of carbonyl (C=O) groups is 2. The molecule has 2 rings (SSSR count). The fourth-order valence-electron chi connectivity index (χ4n) is 2.40. The first kappa shape index (κ1) is 21.7. The average Bonchev–Trinajstić information content (AvgIpc) is 2.87. The molecule has 0 spiro atoms. The number of thioether (sulfide) groups is 1. The van der Waals surface area contributed by atoms with Crippen LogP contribution in [-0.4, -0.2) is 46.0 Å². The Morgan fingerprint density at radius 1 is 1.37 bits per heavy atom. The van der Waals surface area contributed by atoms with E-state index in [4.69, 9.17) is 21.7 Å². The Morgan fingerprint density at radius 2 is 2.11 bits per heavy atom. The summed E-state index contributed by atoms with van der Waals surface area (Å²) in [4.78, 5) is 26.0. The van der Waals surface area contributed by atoms with Crippen LogP contribution < -0.4 is 4.74 Å². The maximum atomic E-state index is 12.6. The third kappa shape index (κ3) is 5.70. The molecule has 1 aliphatic rings. The lowest BCUT2D eigenvalue weighted by Gasteiger charge is -2.13. The molecule has 1 heterocycles. The summed E-state index contributed by atoms with van der Waals surface area (Å²) in [7, 11) is 0. The van der Waals surface area contributed by atoms with Gasteiger partial charge in [0.1, 0.15) is 4.32 Å². The third-order valence-corrected chi connectivity index (χ3v) is 5.57. The van der Waals surface area contributed by atoms with Crippen LogP contribution in [0.3, 0.4) is 0 Å². The lowest BCUT2D eigenvalue weighted by molar-refractivity contribution is -0.143. The molecule has 1 aromatic carbocycles. The molecular formula is C18H20BrNO5S2. The third-order valence-electron chi connectivity index (χ3n) is 3.59. The topological polar surface area (TPSA) is 76.1 Å². The van der Waals surface area contributed by atoms with Crippen LogP contribution in [0.5, 0.6) is 11.5 Å². The summed E-state index contributed by atoms with van der Waals surface area (Å²) in [5, 5.41) is 10.00. The van der Waals surface area contributed by atoms with E-state index < -0.39 is 0 Å². The number of halogens is 1. The Bertz CT molecular complexity index is 781. The molecule has 0 radical (unpaired) electrons. The Balaban J connectivity index is 2.10. The number of carbonyl (C=O) groups excluding carboxylic acids is 2. The van der Waals surface area contributed by atoms with Crippen molar-refractivity contribution in [3.63, 3.8) is 0 Å². The van der Waals surface area contributed by atoms with Crippen LogP contribution in [0.1, 0.15) is 32.3 Å². The van der Waals surface area contributed by atoms with E-state index in [2.05, 4.69) is 15.9 Å². The molecule has 0 aromatic heterocycles. The monoisotopic (exact) mass is 473 g/mol. The molecule has 0 atom stereocenters. The molecule has 6 nitrogen and oxygen atoms in total. The number of esters is 1. The van der Waals surface area contributed by atoms with Gasteiger partial charge in [-0.25, -0.2) is 0 Å². The van der Waals surface area contributed by atoms with E-state index in [1.165, 1.54) is 16.7 Å². The van der Waals surface area contributed by atoms with E-state index in [1.807, 2.05) is 6.92 Å². The zero-order valence-corrected chi connectivity index (χ0v) is 18.2. The molecule has 0 bridgehead atoms. The highest BCUT2D eigenvalue weighted by atomic mass is 79.9. The second-order valence-electron chi connectivity index (χ2n) is 5.52. The van der Waals surface area contributed by atoms with Crippen molar-refractivity contribution < 1.29 is 24.2 Å². The number of ether oxygens (including phenoxy) is 2. The van der Waals surface area contributed by atoms with Crippen molar-refractivity contribution in [2.75, 3.05) is 19.8 Å². The lowest BCUT2D eigenvalue weighted by Crippen LogP contribution is -2.29. The highest BCUT2D eigenvalue weighted by molar-refractivity contribution is 9.10. The Hall–Kier alpha value is -1.58. The standard InChI is InChI=1S/C18H20BrNO5S2/c1-3-24-13-9-11(8-12(19)16(13)22)10-14-17(23)20(18(26)27-14)7-5-6-15(21)25-4-2/h8-10,22H,3-7H2,1-2H3/b14-10-. The number of phenols is 1. The van der Waals surface area contributed by atoms with Gasteiger partial charge in [0, 0.05) is 13.0 Å². The molecule has 1 saturated heterocycles. The Labute approximate surface area is 176 Å². The zero-order chi connectivity index (χ0) is 20.0. The molecule has 1 amide bonds. The smallest absolute Gasteiger partial charge is 0.305 e. The van der Waals surface area contributed by atoms with E-state index in [9.17, 15) is 14.7 Å². The van der Waals surface area contributed by atoms with Crippen molar-refractivity contribution in [1.82, 2.24) is 4.90 Å². The molecular weight excluding hydrogens is 454 g/mol. The SMILES string of the molecule is CCOC(=O)CCCN1C(=O)/C(=C/c2cc(Br)c(O)c(OCC)c2)SC1=S. The number of aromatic hydroxyl groups is 1. The number of benzene rings is 1. The maximum absolute atomic E-state index is 12.6. The van der Waals surface area contributed by atoms with Crippen LogP contribution in [0.4, 0.5) is 0 Å². The largest absolute Gasteiger partial charge is 0.503 e. The molecule has 0 aliphatic carbocycles. The number of amides is 1. The number of hydrogen-bond acceptors (Lipinski definition) is 7. The van der Waals surface area contributed by atoms with Crippen molar-refractivity contribution in [1.29, 1.82) is 0 Å².